The van der Waals surface area contributed by atoms with Gasteiger partial charge in [0, 0.05) is 22.1 Å². The van der Waals surface area contributed by atoms with Crippen molar-refractivity contribution in [2.45, 2.75) is 19.6 Å². The van der Waals surface area contributed by atoms with Gasteiger partial charge in [-0.05, 0) is 71.8 Å². The Morgan fingerprint density at radius 2 is 0.885 bits per heavy atom. The second kappa shape index (κ2) is 16.7. The SMILES string of the molecule is COc1cc(-c2ccc(N=Nc3cc(S(=O)(=O)O)c4cc(S(=O)(=O)O)cc(N)c4c3O)c(OC)c2)ccc1N=Nc1cc(S(=O)(=O)[O-])c2cc(S(=O)(=O)O)cc(N)c2c1O.[Na+]. The van der Waals surface area contributed by atoms with Crippen LogP contribution in [-0.4, -0.2) is 76.3 Å². The Kier molecular flexibility index (Phi) is 12.8. The summed E-state index contributed by atoms with van der Waals surface area (Å²) >= 11 is 0. The fraction of sp³-hybridized carbons (Fsp3) is 0.0588. The zero-order valence-electron chi connectivity index (χ0n) is 31.2. The molecule has 0 heterocycles. The maximum absolute atomic E-state index is 12.3. The van der Waals surface area contributed by atoms with E-state index in [4.69, 9.17) is 20.9 Å². The van der Waals surface area contributed by atoms with Gasteiger partial charge in [-0.15, -0.1) is 20.5 Å². The Hall–Kier alpha value is -5.52. The van der Waals surface area contributed by atoms with Crippen LogP contribution in [0.2, 0.25) is 0 Å². The Morgan fingerprint density at radius 3 is 1.23 bits per heavy atom. The van der Waals surface area contributed by atoms with Gasteiger partial charge in [-0.3, -0.25) is 13.7 Å². The summed E-state index contributed by atoms with van der Waals surface area (Å²) < 4.78 is 148. The first-order valence-electron chi connectivity index (χ1n) is 16.1. The zero-order chi connectivity index (χ0) is 44.3. The molecular formula is C34H27N6NaO16S4. The average Bonchev–Trinajstić information content (AvgIpc) is 3.15. The fourth-order valence-electron chi connectivity index (χ4n) is 5.95. The summed E-state index contributed by atoms with van der Waals surface area (Å²) in [7, 11) is -17.6. The van der Waals surface area contributed by atoms with Crippen LogP contribution >= 0.6 is 0 Å². The number of hydrogen-bond acceptors (Lipinski definition) is 19. The van der Waals surface area contributed by atoms with Gasteiger partial charge in [0.15, 0.2) is 11.5 Å². The number of aromatic hydroxyl groups is 2. The number of phenolic OH excluding ortho intramolecular Hbond substituents is 2. The van der Waals surface area contributed by atoms with Crippen molar-refractivity contribution in [3.63, 3.8) is 0 Å². The molecule has 22 nitrogen and oxygen atoms in total. The normalized spacial score (nSPS) is 12.6. The van der Waals surface area contributed by atoms with Crippen LogP contribution in [0.15, 0.2) is 113 Å². The molecule has 0 fully saturated rings. The first-order valence-corrected chi connectivity index (χ1v) is 21.8. The molecule has 0 aliphatic heterocycles. The quantitative estimate of drug-likeness (QED) is 0.0425. The second-order valence-corrected chi connectivity index (χ2v) is 18.0. The minimum atomic E-state index is -5.34. The standard InChI is InChI=1S/C34H28N6O16S4.Na/c1-55-27-7-15(3-5-23(27)37-39-25-13-29(59(49,50)51)19-9-17(57(43,44)45)11-21(35)31(19)33(25)41)16-4-6-24(28(8-16)56-2)38-40-26-14-30(60(52,53)54)20-10-18(58(46,47)48)12-22(36)32(20)34(26)42;/h3-14,41-42H,35-36H2,1-2H3,(H,43,44,45)(H,46,47,48)(H,49,50,51)(H,52,53,54);/q;+1/p-1. The first kappa shape index (κ1) is 46.5. The van der Waals surface area contributed by atoms with Crippen molar-refractivity contribution in [1.82, 2.24) is 0 Å². The number of ether oxygens (including phenoxy) is 2. The van der Waals surface area contributed by atoms with E-state index in [1.54, 1.807) is 12.1 Å². The summed E-state index contributed by atoms with van der Waals surface area (Å²) in [6.07, 6.45) is 0. The summed E-state index contributed by atoms with van der Waals surface area (Å²) in [6, 6.07) is 13.2. The molecule has 0 saturated carbocycles. The topological polar surface area (TPSA) is 381 Å². The van der Waals surface area contributed by atoms with E-state index in [9.17, 15) is 62.1 Å². The summed E-state index contributed by atoms with van der Waals surface area (Å²) in [6.45, 7) is 0. The van der Waals surface area contributed by atoms with Crippen LogP contribution in [0.1, 0.15) is 0 Å². The number of azo groups is 2. The van der Waals surface area contributed by atoms with E-state index in [2.05, 4.69) is 20.5 Å². The maximum Gasteiger partial charge on any atom is 1.00 e. The molecule has 0 aliphatic carbocycles. The molecule has 0 spiro atoms. The van der Waals surface area contributed by atoms with Gasteiger partial charge >= 0.3 is 29.6 Å². The van der Waals surface area contributed by atoms with Crippen molar-refractivity contribution in [2.24, 2.45) is 20.5 Å². The number of rotatable bonds is 11. The molecule has 0 bridgehead atoms. The van der Waals surface area contributed by atoms with Crippen LogP contribution in [0.3, 0.4) is 0 Å². The Labute approximate surface area is 367 Å². The van der Waals surface area contributed by atoms with Crippen molar-refractivity contribution in [1.29, 1.82) is 0 Å². The van der Waals surface area contributed by atoms with Gasteiger partial charge < -0.3 is 35.7 Å². The average molecular weight is 927 g/mol. The molecule has 0 radical (unpaired) electrons. The van der Waals surface area contributed by atoms with Crippen molar-refractivity contribution in [3.8, 4) is 34.1 Å². The van der Waals surface area contributed by atoms with Crippen molar-refractivity contribution in [2.75, 3.05) is 25.7 Å². The largest absolute Gasteiger partial charge is 1.00 e. The minimum absolute atomic E-state index is 0. The van der Waals surface area contributed by atoms with E-state index >= 15 is 0 Å². The number of nitrogens with two attached hydrogens (primary N) is 2. The third-order valence-corrected chi connectivity index (χ3v) is 12.1. The van der Waals surface area contributed by atoms with Gasteiger partial charge in [0.2, 0.25) is 0 Å². The number of fused-ring (bicyclic) bond motifs is 2. The molecule has 0 amide bonds. The maximum atomic E-state index is 12.3. The van der Waals surface area contributed by atoms with E-state index < -0.39 is 116 Å². The number of anilines is 2. The van der Waals surface area contributed by atoms with Gasteiger partial charge in [0.25, 0.3) is 30.4 Å². The predicted molar refractivity (Wildman–Crippen MR) is 211 cm³/mol. The van der Waals surface area contributed by atoms with Crippen molar-refractivity contribution < 1.29 is 101 Å². The smallest absolute Gasteiger partial charge is 0.744 e. The van der Waals surface area contributed by atoms with Gasteiger partial charge in [0.05, 0.1) is 39.7 Å². The van der Waals surface area contributed by atoms with Gasteiger partial charge in [-0.25, -0.2) is 8.42 Å². The molecule has 6 aromatic carbocycles. The molecule has 314 valence electrons. The summed E-state index contributed by atoms with van der Waals surface area (Å²) in [5.41, 5.74) is 10.8. The van der Waals surface area contributed by atoms with Crippen LogP contribution in [-0.2, 0) is 40.5 Å². The Bertz CT molecular complexity index is 3130. The van der Waals surface area contributed by atoms with E-state index in [-0.39, 0.29) is 52.4 Å². The molecular weight excluding hydrogens is 900 g/mol. The predicted octanol–water partition coefficient (Wildman–Crippen LogP) is 2.73. The third-order valence-electron chi connectivity index (χ3n) is 8.68. The molecule has 9 N–H and O–H groups in total. The molecule has 0 atom stereocenters. The molecule has 0 saturated heterocycles. The van der Waals surface area contributed by atoms with Crippen LogP contribution in [0.5, 0.6) is 23.0 Å². The monoisotopic (exact) mass is 926 g/mol. The summed E-state index contributed by atoms with van der Waals surface area (Å²) in [4.78, 5) is -3.56. The number of benzene rings is 6. The summed E-state index contributed by atoms with van der Waals surface area (Å²) in [5, 5.41) is 35.8. The van der Waals surface area contributed by atoms with E-state index in [0.29, 0.717) is 35.4 Å². The molecule has 27 heteroatoms. The van der Waals surface area contributed by atoms with E-state index in [0.717, 1.165) is 12.1 Å². The third kappa shape index (κ3) is 9.38. The van der Waals surface area contributed by atoms with Crippen LogP contribution in [0.4, 0.5) is 34.1 Å². The first-order chi connectivity index (χ1) is 27.8. The number of phenols is 2. The number of methoxy groups -OCH3 is 2. The Balaban J connectivity index is 0.00000704. The number of hydrogen-bond donors (Lipinski definition) is 7. The molecule has 61 heavy (non-hydrogen) atoms. The Morgan fingerprint density at radius 1 is 0.525 bits per heavy atom. The minimum Gasteiger partial charge on any atom is -0.744 e. The summed E-state index contributed by atoms with van der Waals surface area (Å²) in [5.74, 6) is -1.32. The fourth-order valence-corrected chi connectivity index (χ4v) is 8.42. The second-order valence-electron chi connectivity index (χ2n) is 12.4. The van der Waals surface area contributed by atoms with Gasteiger partial charge in [-0.1, -0.05) is 12.1 Å². The van der Waals surface area contributed by atoms with Gasteiger partial charge in [0.1, 0.15) is 49.3 Å². The van der Waals surface area contributed by atoms with Crippen LogP contribution in [0.25, 0.3) is 32.7 Å². The molecule has 6 aromatic rings. The molecule has 0 aliphatic rings. The van der Waals surface area contributed by atoms with Gasteiger partial charge in [-0.2, -0.15) is 25.3 Å². The molecule has 0 aromatic heterocycles. The number of nitrogens with zero attached hydrogens (tertiary/aromatic N) is 4. The van der Waals surface area contributed by atoms with E-state index in [1.165, 1.54) is 38.5 Å². The zero-order valence-corrected chi connectivity index (χ0v) is 36.5. The van der Waals surface area contributed by atoms with Crippen LogP contribution in [0, 0.1) is 0 Å². The number of nitrogen functional groups attached to an aromatic ring is 2. The van der Waals surface area contributed by atoms with Crippen molar-refractivity contribution >= 4 is 96.1 Å². The van der Waals surface area contributed by atoms with Crippen molar-refractivity contribution in [3.05, 3.63) is 72.8 Å². The van der Waals surface area contributed by atoms with Crippen LogP contribution < -0.4 is 50.5 Å². The van der Waals surface area contributed by atoms with E-state index in [1.807, 2.05) is 0 Å². The molecule has 0 unspecified atom stereocenters. The molecule has 6 rings (SSSR count).